The van der Waals surface area contributed by atoms with Crippen LogP contribution in [0.4, 0.5) is 0 Å². The Hall–Kier alpha value is -1.43. The Morgan fingerprint density at radius 1 is 1.29 bits per heavy atom. The van der Waals surface area contributed by atoms with E-state index in [-0.39, 0.29) is 11.3 Å². The molecule has 1 aromatic rings. The number of amides is 1. The molecule has 3 heterocycles. The van der Waals surface area contributed by atoms with Gasteiger partial charge in [-0.15, -0.1) is 0 Å². The second-order valence-corrected chi connectivity index (χ2v) is 8.18. The number of rotatable bonds is 5. The summed E-state index contributed by atoms with van der Waals surface area (Å²) in [7, 11) is 0. The Bertz CT molecular complexity index is 564. The molecule has 2 aliphatic heterocycles. The Morgan fingerprint density at radius 3 is 2.88 bits per heavy atom. The highest BCUT2D eigenvalue weighted by Crippen LogP contribution is 2.27. The van der Waals surface area contributed by atoms with E-state index in [1.807, 2.05) is 0 Å². The van der Waals surface area contributed by atoms with Crippen LogP contribution in [0.2, 0.25) is 0 Å². The fourth-order valence-electron chi connectivity index (χ4n) is 3.76. The summed E-state index contributed by atoms with van der Waals surface area (Å²) in [6, 6.07) is 0.904. The SMILES string of the molecule is CC(C)(C)c1noc(CCCC(=O)N[C@H]2CCN3CCCC[C@@H]23)n1. The average molecular weight is 334 g/mol. The van der Waals surface area contributed by atoms with E-state index in [1.165, 1.54) is 25.8 Å². The lowest BCUT2D eigenvalue weighted by Crippen LogP contribution is -2.46. The maximum absolute atomic E-state index is 12.2. The number of hydrogen-bond donors (Lipinski definition) is 1. The molecule has 134 valence electrons. The molecule has 24 heavy (non-hydrogen) atoms. The number of carbonyl (C=O) groups excluding carboxylic acids is 1. The number of hydrogen-bond acceptors (Lipinski definition) is 5. The van der Waals surface area contributed by atoms with E-state index in [0.29, 0.717) is 30.8 Å². The van der Waals surface area contributed by atoms with Gasteiger partial charge in [0.1, 0.15) is 0 Å². The van der Waals surface area contributed by atoms with Crippen LogP contribution in [-0.2, 0) is 16.6 Å². The van der Waals surface area contributed by atoms with E-state index in [2.05, 4.69) is 41.1 Å². The number of nitrogens with one attached hydrogen (secondary N) is 1. The predicted octanol–water partition coefficient (Wildman–Crippen LogP) is 2.43. The van der Waals surface area contributed by atoms with Crippen molar-refractivity contribution in [1.82, 2.24) is 20.4 Å². The zero-order valence-corrected chi connectivity index (χ0v) is 15.2. The third-order valence-corrected chi connectivity index (χ3v) is 5.14. The first kappa shape index (κ1) is 17.4. The summed E-state index contributed by atoms with van der Waals surface area (Å²) in [5.41, 5.74) is -0.104. The maximum atomic E-state index is 12.2. The highest BCUT2D eigenvalue weighted by atomic mass is 16.5. The third-order valence-electron chi connectivity index (χ3n) is 5.14. The first-order valence-electron chi connectivity index (χ1n) is 9.30. The zero-order valence-electron chi connectivity index (χ0n) is 15.2. The number of fused-ring (bicyclic) bond motifs is 1. The van der Waals surface area contributed by atoms with Crippen LogP contribution >= 0.6 is 0 Å². The minimum atomic E-state index is -0.104. The van der Waals surface area contributed by atoms with Gasteiger partial charge in [-0.1, -0.05) is 32.3 Å². The summed E-state index contributed by atoms with van der Waals surface area (Å²) in [5, 5.41) is 7.27. The van der Waals surface area contributed by atoms with Crippen molar-refractivity contribution in [2.75, 3.05) is 13.1 Å². The molecule has 2 fully saturated rings. The van der Waals surface area contributed by atoms with Crippen molar-refractivity contribution < 1.29 is 9.32 Å². The first-order chi connectivity index (χ1) is 11.4. The lowest BCUT2D eigenvalue weighted by atomic mass is 9.96. The molecule has 2 saturated heterocycles. The van der Waals surface area contributed by atoms with Crippen LogP contribution < -0.4 is 5.32 Å². The van der Waals surface area contributed by atoms with E-state index in [0.717, 1.165) is 25.2 Å². The minimum Gasteiger partial charge on any atom is -0.352 e. The van der Waals surface area contributed by atoms with Crippen LogP contribution in [0.15, 0.2) is 4.52 Å². The molecule has 2 atom stereocenters. The quantitative estimate of drug-likeness (QED) is 0.895. The summed E-state index contributed by atoms with van der Waals surface area (Å²) < 4.78 is 5.28. The van der Waals surface area contributed by atoms with Crippen LogP contribution in [0, 0.1) is 0 Å². The standard InChI is InChI=1S/C18H30N4O2/c1-18(2,3)17-20-16(24-21-17)9-6-8-15(23)19-13-10-12-22-11-5-4-7-14(13)22/h13-14H,4-12H2,1-3H3,(H,19,23)/t13-,14-/m0/s1. The third kappa shape index (κ3) is 4.15. The monoisotopic (exact) mass is 334 g/mol. The van der Waals surface area contributed by atoms with Gasteiger partial charge in [-0.05, 0) is 32.2 Å². The molecular weight excluding hydrogens is 304 g/mol. The fourth-order valence-corrected chi connectivity index (χ4v) is 3.76. The molecule has 1 aromatic heterocycles. The van der Waals surface area contributed by atoms with Crippen LogP contribution in [0.3, 0.4) is 0 Å². The molecule has 2 aliphatic rings. The molecule has 0 radical (unpaired) electrons. The smallest absolute Gasteiger partial charge is 0.226 e. The summed E-state index contributed by atoms with van der Waals surface area (Å²) in [6.45, 7) is 8.51. The second kappa shape index (κ2) is 7.21. The molecule has 3 rings (SSSR count). The van der Waals surface area contributed by atoms with Crippen LogP contribution in [0.25, 0.3) is 0 Å². The van der Waals surface area contributed by atoms with Crippen molar-refractivity contribution >= 4 is 5.91 Å². The first-order valence-corrected chi connectivity index (χ1v) is 9.30. The van der Waals surface area contributed by atoms with E-state index in [1.54, 1.807) is 0 Å². The van der Waals surface area contributed by atoms with Gasteiger partial charge in [0.25, 0.3) is 0 Å². The van der Waals surface area contributed by atoms with Crippen molar-refractivity contribution in [1.29, 1.82) is 0 Å². The van der Waals surface area contributed by atoms with Crippen LogP contribution in [-0.4, -0.2) is 46.1 Å². The zero-order chi connectivity index (χ0) is 17.2. The van der Waals surface area contributed by atoms with Crippen molar-refractivity contribution in [3.63, 3.8) is 0 Å². The molecule has 0 saturated carbocycles. The summed E-state index contributed by atoms with van der Waals surface area (Å²) in [5.74, 6) is 1.51. The van der Waals surface area contributed by atoms with E-state index in [4.69, 9.17) is 4.52 Å². The van der Waals surface area contributed by atoms with Crippen molar-refractivity contribution in [3.05, 3.63) is 11.7 Å². The topological polar surface area (TPSA) is 71.3 Å². The highest BCUT2D eigenvalue weighted by Gasteiger charge is 2.36. The van der Waals surface area contributed by atoms with Gasteiger partial charge in [0.15, 0.2) is 5.82 Å². The second-order valence-electron chi connectivity index (χ2n) is 8.18. The molecule has 0 aromatic carbocycles. The van der Waals surface area contributed by atoms with Gasteiger partial charge >= 0.3 is 0 Å². The number of aromatic nitrogens is 2. The summed E-state index contributed by atoms with van der Waals surface area (Å²) in [4.78, 5) is 19.2. The maximum Gasteiger partial charge on any atom is 0.226 e. The van der Waals surface area contributed by atoms with E-state index >= 15 is 0 Å². The summed E-state index contributed by atoms with van der Waals surface area (Å²) >= 11 is 0. The van der Waals surface area contributed by atoms with Crippen molar-refractivity contribution in [2.24, 2.45) is 0 Å². The largest absolute Gasteiger partial charge is 0.352 e. The molecule has 0 spiro atoms. The van der Waals surface area contributed by atoms with Crippen molar-refractivity contribution in [2.45, 2.75) is 83.2 Å². The normalized spacial score (nSPS) is 24.8. The van der Waals surface area contributed by atoms with Gasteiger partial charge in [0.05, 0.1) is 0 Å². The molecule has 6 nitrogen and oxygen atoms in total. The molecule has 0 unspecified atom stereocenters. The van der Waals surface area contributed by atoms with Crippen molar-refractivity contribution in [3.8, 4) is 0 Å². The van der Waals surface area contributed by atoms with Gasteiger partial charge in [0, 0.05) is 36.9 Å². The van der Waals surface area contributed by atoms with E-state index < -0.39 is 0 Å². The Balaban J connectivity index is 1.41. The fraction of sp³-hybridized carbons (Fsp3) is 0.833. The van der Waals surface area contributed by atoms with Gasteiger partial charge in [-0.2, -0.15) is 4.98 Å². The lowest BCUT2D eigenvalue weighted by molar-refractivity contribution is -0.122. The predicted molar refractivity (Wildman–Crippen MR) is 91.7 cm³/mol. The highest BCUT2D eigenvalue weighted by molar-refractivity contribution is 5.76. The minimum absolute atomic E-state index is 0.104. The molecule has 6 heteroatoms. The Kier molecular flexibility index (Phi) is 5.23. The van der Waals surface area contributed by atoms with Gasteiger partial charge in [0.2, 0.25) is 11.8 Å². The van der Waals surface area contributed by atoms with Gasteiger partial charge in [-0.3, -0.25) is 9.69 Å². The lowest BCUT2D eigenvalue weighted by Gasteiger charge is -2.32. The average Bonchev–Trinajstić information content (AvgIpc) is 3.15. The number of nitrogens with zero attached hydrogens (tertiary/aromatic N) is 3. The number of piperidine rings is 1. The molecular formula is C18H30N4O2. The number of carbonyl (C=O) groups is 1. The van der Waals surface area contributed by atoms with Crippen LogP contribution in [0.5, 0.6) is 0 Å². The molecule has 0 bridgehead atoms. The molecule has 1 N–H and O–H groups in total. The van der Waals surface area contributed by atoms with Gasteiger partial charge in [-0.25, -0.2) is 0 Å². The van der Waals surface area contributed by atoms with Gasteiger partial charge < -0.3 is 9.84 Å². The Labute approximate surface area is 144 Å². The Morgan fingerprint density at radius 2 is 2.12 bits per heavy atom. The summed E-state index contributed by atoms with van der Waals surface area (Å²) in [6.07, 6.45) is 6.85. The van der Waals surface area contributed by atoms with E-state index in [9.17, 15) is 4.79 Å². The molecule has 1 amide bonds. The molecule has 0 aliphatic carbocycles. The van der Waals surface area contributed by atoms with Crippen LogP contribution in [0.1, 0.15) is 71.0 Å². The number of aryl methyl sites for hydroxylation is 1.